The number of benzene rings is 2. The van der Waals surface area contributed by atoms with Gasteiger partial charge in [-0.15, -0.1) is 0 Å². The average molecular weight is 505 g/mol. The van der Waals surface area contributed by atoms with Crippen LogP contribution in [-0.2, 0) is 12.8 Å². The lowest BCUT2D eigenvalue weighted by Gasteiger charge is -2.39. The normalized spacial score (nSPS) is 18.2. The molecule has 2 aromatic rings. The molecular weight excluding hydrogens is 451 g/mol. The summed E-state index contributed by atoms with van der Waals surface area (Å²) in [6.07, 6.45) is 17.2. The molecule has 0 nitrogen and oxygen atoms in total. The molecule has 0 aromatic heterocycles. The van der Waals surface area contributed by atoms with Crippen molar-refractivity contribution in [2.45, 2.75) is 148 Å². The van der Waals surface area contributed by atoms with Crippen molar-refractivity contribution in [2.75, 3.05) is 0 Å². The highest BCUT2D eigenvalue weighted by Gasteiger charge is 2.33. The topological polar surface area (TPSA) is 0 Å². The molecule has 0 atom stereocenters. The van der Waals surface area contributed by atoms with Crippen molar-refractivity contribution < 1.29 is 0 Å². The second kappa shape index (κ2) is 13.1. The van der Waals surface area contributed by atoms with Crippen LogP contribution in [0.25, 0.3) is 0 Å². The Balaban J connectivity index is 1.67. The van der Waals surface area contributed by atoms with E-state index in [0.29, 0.717) is 17.8 Å². The van der Waals surface area contributed by atoms with Crippen LogP contribution in [0.15, 0.2) is 36.4 Å². The van der Waals surface area contributed by atoms with E-state index in [9.17, 15) is 0 Å². The molecule has 0 amide bonds. The van der Waals surface area contributed by atoms with Gasteiger partial charge in [-0.2, -0.15) is 0 Å². The Morgan fingerprint density at radius 2 is 1.14 bits per heavy atom. The summed E-state index contributed by atoms with van der Waals surface area (Å²) >= 11 is 0. The predicted molar refractivity (Wildman–Crippen MR) is 163 cm³/mol. The molecule has 0 spiro atoms. The zero-order chi connectivity index (χ0) is 25.7. The van der Waals surface area contributed by atoms with Crippen LogP contribution in [0.3, 0.4) is 0 Å². The largest absolute Gasteiger partial charge is 0.0687 e. The Bertz CT molecular complexity index is 909. The Labute approximate surface area is 224 Å². The lowest BCUT2D eigenvalue weighted by Crippen LogP contribution is -2.28. The van der Waals surface area contributed by atoms with Crippen molar-refractivity contribution in [1.82, 2.24) is 0 Å². The van der Waals surface area contributed by atoms with Crippen LogP contribution in [0, 0.1) is 0 Å². The molecule has 0 aliphatic heterocycles. The maximum atomic E-state index is 2.57. The van der Waals surface area contributed by atoms with Crippen molar-refractivity contribution in [3.8, 4) is 0 Å². The first-order chi connectivity index (χ1) is 17.4. The molecule has 36 heavy (non-hydrogen) atoms. The fourth-order valence-corrected chi connectivity index (χ4v) is 11.0. The molecule has 0 bridgehead atoms. The third-order valence-corrected chi connectivity index (χ3v) is 12.7. The van der Waals surface area contributed by atoms with Gasteiger partial charge in [0.15, 0.2) is 0 Å². The van der Waals surface area contributed by atoms with E-state index in [1.54, 1.807) is 27.6 Å². The first-order valence-electron chi connectivity index (χ1n) is 15.4. The molecule has 0 saturated heterocycles. The van der Waals surface area contributed by atoms with Crippen LogP contribution in [0.4, 0.5) is 0 Å². The van der Waals surface area contributed by atoms with E-state index in [-0.39, 0.29) is 7.92 Å². The van der Waals surface area contributed by atoms with Crippen LogP contribution in [0.5, 0.6) is 0 Å². The second-order valence-electron chi connectivity index (χ2n) is 12.8. The number of aryl methyl sites for hydroxylation is 1. The summed E-state index contributed by atoms with van der Waals surface area (Å²) in [7, 11) is -0.0473. The van der Waals surface area contributed by atoms with Crippen LogP contribution >= 0.6 is 7.92 Å². The van der Waals surface area contributed by atoms with Crippen LogP contribution in [-0.4, -0.2) is 11.3 Å². The second-order valence-corrected chi connectivity index (χ2v) is 15.5. The van der Waals surface area contributed by atoms with Crippen molar-refractivity contribution in [3.05, 3.63) is 64.2 Å². The average Bonchev–Trinajstić information content (AvgIpc) is 2.89. The van der Waals surface area contributed by atoms with Gasteiger partial charge in [-0.1, -0.05) is 124 Å². The van der Waals surface area contributed by atoms with Crippen molar-refractivity contribution in [3.63, 3.8) is 0 Å². The van der Waals surface area contributed by atoms with Gasteiger partial charge in [-0.25, -0.2) is 0 Å². The Morgan fingerprint density at radius 3 is 1.61 bits per heavy atom. The molecule has 2 saturated carbocycles. The van der Waals surface area contributed by atoms with Crippen LogP contribution < -0.4 is 5.30 Å². The molecular formula is C35H53P. The summed E-state index contributed by atoms with van der Waals surface area (Å²) in [6, 6.07) is 14.8. The van der Waals surface area contributed by atoms with Gasteiger partial charge in [0.1, 0.15) is 0 Å². The maximum absolute atomic E-state index is 2.57. The Morgan fingerprint density at radius 1 is 0.639 bits per heavy atom. The van der Waals surface area contributed by atoms with Gasteiger partial charge in [0.2, 0.25) is 0 Å². The molecule has 2 aliphatic carbocycles. The molecule has 0 heterocycles. The highest BCUT2D eigenvalue weighted by Crippen LogP contribution is 2.55. The van der Waals surface area contributed by atoms with Gasteiger partial charge in [0.05, 0.1) is 0 Å². The van der Waals surface area contributed by atoms with Crippen molar-refractivity contribution in [2.24, 2.45) is 0 Å². The van der Waals surface area contributed by atoms with Gasteiger partial charge < -0.3 is 0 Å². The predicted octanol–water partition coefficient (Wildman–Crippen LogP) is 10.6. The minimum Gasteiger partial charge on any atom is -0.0687 e. The molecule has 2 aliphatic rings. The molecule has 198 valence electrons. The molecule has 2 aromatic carbocycles. The third-order valence-electron chi connectivity index (χ3n) is 9.10. The minimum atomic E-state index is -0.0473. The van der Waals surface area contributed by atoms with Gasteiger partial charge in [0, 0.05) is 0 Å². The lowest BCUT2D eigenvalue weighted by molar-refractivity contribution is 0.487. The molecule has 4 rings (SSSR count). The van der Waals surface area contributed by atoms with Gasteiger partial charge in [0.25, 0.3) is 0 Å². The summed E-state index contributed by atoms with van der Waals surface area (Å²) in [4.78, 5) is 0. The van der Waals surface area contributed by atoms with Crippen LogP contribution in [0.1, 0.15) is 151 Å². The zero-order valence-corrected chi connectivity index (χ0v) is 25.2. The van der Waals surface area contributed by atoms with E-state index in [2.05, 4.69) is 77.9 Å². The Hall–Kier alpha value is -1.13. The summed E-state index contributed by atoms with van der Waals surface area (Å²) in [5.41, 5.74) is 10.00. The quantitative estimate of drug-likeness (QED) is 0.298. The van der Waals surface area contributed by atoms with Gasteiger partial charge in [-0.05, 0) is 101 Å². The summed E-state index contributed by atoms with van der Waals surface area (Å²) in [5.74, 6) is 1.74. The highest BCUT2D eigenvalue weighted by atomic mass is 31.1. The van der Waals surface area contributed by atoms with Crippen LogP contribution in [0.2, 0.25) is 0 Å². The first-order valence-corrected chi connectivity index (χ1v) is 16.9. The fraction of sp³-hybridized carbons (Fsp3) is 0.657. The molecule has 2 fully saturated rings. The molecule has 1 heteroatoms. The zero-order valence-electron chi connectivity index (χ0n) is 24.3. The van der Waals surface area contributed by atoms with Crippen molar-refractivity contribution >= 4 is 13.2 Å². The van der Waals surface area contributed by atoms with Crippen molar-refractivity contribution in [1.29, 1.82) is 0 Å². The summed E-state index contributed by atoms with van der Waals surface area (Å²) < 4.78 is 0. The molecule has 0 N–H and O–H groups in total. The SMILES string of the molecule is CC(C)c1cc(C(C)C)c(CCc2ccccc2P(C2CCCCC2)C2CCCCC2)c(C(C)C)c1. The first kappa shape index (κ1) is 27.9. The molecule has 0 radical (unpaired) electrons. The fourth-order valence-electron chi connectivity index (χ4n) is 7.04. The number of rotatable bonds is 9. The summed E-state index contributed by atoms with van der Waals surface area (Å²) in [5, 5.41) is 1.79. The van der Waals surface area contributed by atoms with E-state index in [4.69, 9.17) is 0 Å². The van der Waals surface area contributed by atoms with Gasteiger partial charge in [-0.3, -0.25) is 0 Å². The van der Waals surface area contributed by atoms with E-state index in [0.717, 1.165) is 11.3 Å². The third kappa shape index (κ3) is 6.65. The minimum absolute atomic E-state index is 0.0473. The molecule has 0 unspecified atom stereocenters. The maximum Gasteiger partial charge on any atom is -0.0166 e. The monoisotopic (exact) mass is 504 g/mol. The number of hydrogen-bond donors (Lipinski definition) is 0. The summed E-state index contributed by atoms with van der Waals surface area (Å²) in [6.45, 7) is 14.3. The lowest BCUT2D eigenvalue weighted by atomic mass is 9.82. The highest BCUT2D eigenvalue weighted by molar-refractivity contribution is 7.67. The van der Waals surface area contributed by atoms with Gasteiger partial charge >= 0.3 is 0 Å². The van der Waals surface area contributed by atoms with E-state index in [1.807, 2.05) is 0 Å². The van der Waals surface area contributed by atoms with E-state index in [1.165, 1.54) is 82.6 Å². The number of hydrogen-bond acceptors (Lipinski definition) is 0. The standard InChI is InChI=1S/C35H53P/c1-25(2)29-23-33(26(3)4)32(34(24-29)27(5)6)22-21-28-15-13-14-20-35(28)36(30-16-9-7-10-17-30)31-18-11-8-12-19-31/h13-15,20,23-27,30-31H,7-12,16-19,21-22H2,1-6H3. The van der Waals surface area contributed by atoms with E-state index >= 15 is 0 Å². The Kier molecular flexibility index (Phi) is 10.1. The smallest absolute Gasteiger partial charge is 0.0166 e. The van der Waals surface area contributed by atoms with E-state index < -0.39 is 0 Å².